The normalized spacial score (nSPS) is 11.4. The highest BCUT2D eigenvalue weighted by molar-refractivity contribution is 7.13. The van der Waals surface area contributed by atoms with Crippen molar-refractivity contribution in [3.63, 3.8) is 0 Å². The number of carbonyl (C=O) groups excluding carboxylic acids is 2. The lowest BCUT2D eigenvalue weighted by Crippen LogP contribution is -2.31. The highest BCUT2D eigenvalue weighted by Crippen LogP contribution is 2.29. The molecule has 1 N–H and O–H groups in total. The maximum Gasteiger partial charge on any atom is 0.358 e. The first-order valence-electron chi connectivity index (χ1n) is 9.73. The van der Waals surface area contributed by atoms with Crippen LogP contribution in [0.4, 0.5) is 0 Å². The third-order valence-corrected chi connectivity index (χ3v) is 5.56. The molecule has 0 aliphatic rings. The molecule has 1 amide bonds. The maximum atomic E-state index is 12.3. The Hall–Kier alpha value is -3.59. The van der Waals surface area contributed by atoms with Gasteiger partial charge in [0.25, 0.3) is 5.91 Å². The topological polar surface area (TPSA) is 96.0 Å². The van der Waals surface area contributed by atoms with Crippen LogP contribution in [-0.2, 0) is 9.53 Å². The van der Waals surface area contributed by atoms with Gasteiger partial charge in [0, 0.05) is 16.5 Å². The monoisotopic (exact) mass is 456 g/mol. The van der Waals surface area contributed by atoms with E-state index in [1.807, 2.05) is 24.3 Å². The zero-order valence-electron chi connectivity index (χ0n) is 18.2. The van der Waals surface area contributed by atoms with E-state index < -0.39 is 18.5 Å². The summed E-state index contributed by atoms with van der Waals surface area (Å²) in [5.74, 6) is 0.884. The molecule has 0 saturated heterocycles. The number of aromatic nitrogens is 1. The van der Waals surface area contributed by atoms with Gasteiger partial charge in [-0.3, -0.25) is 4.79 Å². The van der Waals surface area contributed by atoms with E-state index in [-0.39, 0.29) is 11.7 Å². The van der Waals surface area contributed by atoms with Crippen molar-refractivity contribution in [2.24, 2.45) is 0 Å². The summed E-state index contributed by atoms with van der Waals surface area (Å²) >= 11 is 1.32. The molecule has 1 atom stereocenters. The fourth-order valence-corrected chi connectivity index (χ4v) is 3.77. The predicted molar refractivity (Wildman–Crippen MR) is 120 cm³/mol. The van der Waals surface area contributed by atoms with Gasteiger partial charge in [-0.2, -0.15) is 0 Å². The van der Waals surface area contributed by atoms with Crippen molar-refractivity contribution >= 4 is 23.2 Å². The number of nitrogens with zero attached hydrogens (tertiary/aromatic N) is 1. The Bertz CT molecular complexity index is 1080. The molecule has 0 radical (unpaired) electrons. The average Bonchev–Trinajstić information content (AvgIpc) is 3.32. The van der Waals surface area contributed by atoms with Gasteiger partial charge in [-0.05, 0) is 49.4 Å². The summed E-state index contributed by atoms with van der Waals surface area (Å²) in [6, 6.07) is 12.3. The molecule has 3 rings (SSSR count). The second-order valence-electron chi connectivity index (χ2n) is 6.74. The Kier molecular flexibility index (Phi) is 7.67. The Labute approximate surface area is 190 Å². The van der Waals surface area contributed by atoms with Crippen molar-refractivity contribution in [2.75, 3.05) is 27.9 Å². The average molecular weight is 457 g/mol. The molecule has 0 aliphatic carbocycles. The summed E-state index contributed by atoms with van der Waals surface area (Å²) in [6.45, 7) is 1.38. The summed E-state index contributed by atoms with van der Waals surface area (Å²) in [4.78, 5) is 28.9. The number of ether oxygens (including phenoxy) is 4. The van der Waals surface area contributed by atoms with Crippen LogP contribution in [0.5, 0.6) is 17.2 Å². The fourth-order valence-electron chi connectivity index (χ4n) is 2.98. The number of esters is 1. The summed E-state index contributed by atoms with van der Waals surface area (Å²) in [5.41, 5.74) is 1.75. The van der Waals surface area contributed by atoms with Gasteiger partial charge < -0.3 is 24.3 Å². The van der Waals surface area contributed by atoms with Crippen LogP contribution in [0, 0.1) is 0 Å². The molecule has 0 aliphatic heterocycles. The van der Waals surface area contributed by atoms with Crippen molar-refractivity contribution in [3.05, 3.63) is 59.1 Å². The number of benzene rings is 2. The van der Waals surface area contributed by atoms with Crippen LogP contribution in [-0.4, -0.2) is 44.8 Å². The van der Waals surface area contributed by atoms with Gasteiger partial charge in [0.1, 0.15) is 22.3 Å². The number of carbonyl (C=O) groups is 2. The van der Waals surface area contributed by atoms with Crippen LogP contribution in [0.3, 0.4) is 0 Å². The SMILES string of the molecule is COc1ccc(-c2nc(C(=O)OCC(=O)NC(C)c3cc(OC)ccc3OC)cs2)cc1. The second kappa shape index (κ2) is 10.6. The quantitative estimate of drug-likeness (QED) is 0.488. The van der Waals surface area contributed by atoms with Gasteiger partial charge in [0.15, 0.2) is 12.3 Å². The molecule has 2 aromatic carbocycles. The zero-order chi connectivity index (χ0) is 23.1. The molecule has 1 unspecified atom stereocenters. The molecule has 0 spiro atoms. The van der Waals surface area contributed by atoms with E-state index in [2.05, 4.69) is 10.3 Å². The molecule has 1 heterocycles. The van der Waals surface area contributed by atoms with E-state index in [0.717, 1.165) is 16.9 Å². The van der Waals surface area contributed by atoms with Crippen molar-refractivity contribution in [3.8, 4) is 27.8 Å². The molecule has 0 saturated carbocycles. The van der Waals surface area contributed by atoms with E-state index in [0.29, 0.717) is 16.5 Å². The first-order chi connectivity index (χ1) is 15.4. The molecule has 8 nitrogen and oxygen atoms in total. The van der Waals surface area contributed by atoms with Crippen molar-refractivity contribution in [1.29, 1.82) is 0 Å². The third kappa shape index (κ3) is 5.55. The van der Waals surface area contributed by atoms with Gasteiger partial charge in [0.05, 0.1) is 27.4 Å². The molecule has 3 aromatic rings. The van der Waals surface area contributed by atoms with Crippen LogP contribution in [0.25, 0.3) is 10.6 Å². The summed E-state index contributed by atoms with van der Waals surface area (Å²) in [7, 11) is 4.71. The first-order valence-corrected chi connectivity index (χ1v) is 10.6. The second-order valence-corrected chi connectivity index (χ2v) is 7.60. The third-order valence-electron chi connectivity index (χ3n) is 4.67. The van der Waals surface area contributed by atoms with Crippen LogP contribution in [0.1, 0.15) is 29.0 Å². The fraction of sp³-hybridized carbons (Fsp3) is 0.261. The summed E-state index contributed by atoms with van der Waals surface area (Å²) in [6.07, 6.45) is 0. The number of amides is 1. The van der Waals surface area contributed by atoms with Gasteiger partial charge in [0.2, 0.25) is 0 Å². The number of hydrogen-bond donors (Lipinski definition) is 1. The van der Waals surface area contributed by atoms with E-state index in [1.54, 1.807) is 51.8 Å². The lowest BCUT2D eigenvalue weighted by Gasteiger charge is -2.18. The largest absolute Gasteiger partial charge is 0.497 e. The van der Waals surface area contributed by atoms with Crippen LogP contribution >= 0.6 is 11.3 Å². The van der Waals surface area contributed by atoms with Crippen LogP contribution in [0.2, 0.25) is 0 Å². The predicted octanol–water partition coefficient (Wildman–Crippen LogP) is 3.87. The van der Waals surface area contributed by atoms with Crippen LogP contribution in [0.15, 0.2) is 47.8 Å². The van der Waals surface area contributed by atoms with Crippen molar-refractivity contribution in [2.45, 2.75) is 13.0 Å². The summed E-state index contributed by atoms with van der Waals surface area (Å²) in [5, 5.41) is 5.06. The van der Waals surface area contributed by atoms with E-state index in [1.165, 1.54) is 11.3 Å². The smallest absolute Gasteiger partial charge is 0.358 e. The molecular weight excluding hydrogens is 432 g/mol. The number of thiazole rings is 1. The zero-order valence-corrected chi connectivity index (χ0v) is 19.0. The minimum Gasteiger partial charge on any atom is -0.497 e. The lowest BCUT2D eigenvalue weighted by molar-refractivity contribution is -0.124. The van der Waals surface area contributed by atoms with E-state index in [9.17, 15) is 9.59 Å². The maximum absolute atomic E-state index is 12.3. The first kappa shape index (κ1) is 23.1. The van der Waals surface area contributed by atoms with Gasteiger partial charge >= 0.3 is 5.97 Å². The minimum atomic E-state index is -0.664. The van der Waals surface area contributed by atoms with E-state index >= 15 is 0 Å². The Morgan fingerprint density at radius 2 is 1.69 bits per heavy atom. The van der Waals surface area contributed by atoms with E-state index in [4.69, 9.17) is 18.9 Å². The lowest BCUT2D eigenvalue weighted by atomic mass is 10.1. The van der Waals surface area contributed by atoms with Gasteiger partial charge in [-0.25, -0.2) is 9.78 Å². The van der Waals surface area contributed by atoms with Crippen molar-refractivity contribution in [1.82, 2.24) is 10.3 Å². The minimum absolute atomic E-state index is 0.149. The van der Waals surface area contributed by atoms with Gasteiger partial charge in [-0.1, -0.05) is 0 Å². The molecule has 168 valence electrons. The summed E-state index contributed by atoms with van der Waals surface area (Å²) < 4.78 is 20.9. The van der Waals surface area contributed by atoms with Gasteiger partial charge in [-0.15, -0.1) is 11.3 Å². The highest BCUT2D eigenvalue weighted by Gasteiger charge is 2.18. The standard InChI is InChI=1S/C23H24N2O6S/c1-14(18-11-17(29-3)9-10-20(18)30-4)24-21(26)12-31-23(27)19-13-32-22(25-19)15-5-7-16(28-2)8-6-15/h5-11,13-14H,12H2,1-4H3,(H,24,26). The molecule has 9 heteroatoms. The molecule has 0 bridgehead atoms. The Balaban J connectivity index is 1.57. The van der Waals surface area contributed by atoms with Crippen molar-refractivity contribution < 1.29 is 28.5 Å². The number of methoxy groups -OCH3 is 3. The molecular formula is C23H24N2O6S. The molecule has 32 heavy (non-hydrogen) atoms. The number of hydrogen-bond acceptors (Lipinski definition) is 8. The number of nitrogens with one attached hydrogen (secondary N) is 1. The highest BCUT2D eigenvalue weighted by atomic mass is 32.1. The number of rotatable bonds is 9. The molecule has 0 fully saturated rings. The molecule has 1 aromatic heterocycles. The van der Waals surface area contributed by atoms with Crippen LogP contribution < -0.4 is 19.5 Å². The Morgan fingerprint density at radius 3 is 2.34 bits per heavy atom. The Morgan fingerprint density at radius 1 is 1.00 bits per heavy atom.